The fraction of sp³-hybridized carbons (Fsp3) is 0.316. The van der Waals surface area contributed by atoms with Gasteiger partial charge < -0.3 is 10.1 Å². The smallest absolute Gasteiger partial charge is 0.238 e. The van der Waals surface area contributed by atoms with Crippen LogP contribution in [0.4, 0.5) is 5.69 Å². The summed E-state index contributed by atoms with van der Waals surface area (Å²) >= 11 is 0. The number of rotatable bonds is 5. The van der Waals surface area contributed by atoms with Gasteiger partial charge in [0.15, 0.2) is 0 Å². The van der Waals surface area contributed by atoms with Gasteiger partial charge in [0.25, 0.3) is 0 Å². The standard InChI is InChI=1S/C19H22N2O2/c1-14-10-16-11-17(8-9-18(16)23-14)20-19(22)13-21(2)12-15-6-4-3-5-7-15/h3-9,11,14H,10,12-13H2,1-2H3,(H,20,22). The van der Waals surface area contributed by atoms with Crippen molar-refractivity contribution in [1.29, 1.82) is 0 Å². The lowest BCUT2D eigenvalue weighted by molar-refractivity contribution is -0.117. The van der Waals surface area contributed by atoms with Gasteiger partial charge in [0, 0.05) is 18.7 Å². The van der Waals surface area contributed by atoms with Crippen LogP contribution in [0.2, 0.25) is 0 Å². The molecule has 0 aliphatic carbocycles. The van der Waals surface area contributed by atoms with E-state index >= 15 is 0 Å². The van der Waals surface area contributed by atoms with Crippen LogP contribution in [0.15, 0.2) is 48.5 Å². The summed E-state index contributed by atoms with van der Waals surface area (Å²) in [5, 5.41) is 2.97. The topological polar surface area (TPSA) is 41.6 Å². The summed E-state index contributed by atoms with van der Waals surface area (Å²) in [6, 6.07) is 16.0. The number of nitrogens with one attached hydrogen (secondary N) is 1. The number of hydrogen-bond acceptors (Lipinski definition) is 3. The van der Waals surface area contributed by atoms with Crippen molar-refractivity contribution in [3.63, 3.8) is 0 Å². The van der Waals surface area contributed by atoms with Crippen molar-refractivity contribution < 1.29 is 9.53 Å². The fourth-order valence-electron chi connectivity index (χ4n) is 2.90. The van der Waals surface area contributed by atoms with Crippen LogP contribution in [-0.4, -0.2) is 30.5 Å². The minimum absolute atomic E-state index is 0.00431. The van der Waals surface area contributed by atoms with Gasteiger partial charge in [-0.3, -0.25) is 9.69 Å². The Morgan fingerprint density at radius 2 is 2.04 bits per heavy atom. The minimum atomic E-state index is -0.00431. The van der Waals surface area contributed by atoms with E-state index < -0.39 is 0 Å². The van der Waals surface area contributed by atoms with E-state index in [1.807, 2.05) is 48.3 Å². The van der Waals surface area contributed by atoms with Crippen LogP contribution < -0.4 is 10.1 Å². The zero-order chi connectivity index (χ0) is 16.2. The quantitative estimate of drug-likeness (QED) is 0.923. The van der Waals surface area contributed by atoms with E-state index in [-0.39, 0.29) is 12.0 Å². The maximum Gasteiger partial charge on any atom is 0.238 e. The Morgan fingerprint density at radius 1 is 1.26 bits per heavy atom. The van der Waals surface area contributed by atoms with Crippen LogP contribution in [0.25, 0.3) is 0 Å². The normalized spacial score (nSPS) is 16.0. The molecule has 0 saturated heterocycles. The molecule has 23 heavy (non-hydrogen) atoms. The van der Waals surface area contributed by atoms with Gasteiger partial charge in [-0.05, 0) is 43.3 Å². The van der Waals surface area contributed by atoms with Crippen molar-refractivity contribution in [2.45, 2.75) is 26.0 Å². The molecule has 2 aromatic carbocycles. The predicted molar refractivity (Wildman–Crippen MR) is 91.6 cm³/mol. The SMILES string of the molecule is CC1Cc2cc(NC(=O)CN(C)Cc3ccccc3)ccc2O1. The lowest BCUT2D eigenvalue weighted by Gasteiger charge is -2.16. The highest BCUT2D eigenvalue weighted by molar-refractivity contribution is 5.92. The Hall–Kier alpha value is -2.33. The molecule has 0 fully saturated rings. The molecule has 2 aromatic rings. The molecule has 1 N–H and O–H groups in total. The lowest BCUT2D eigenvalue weighted by atomic mass is 10.1. The Balaban J connectivity index is 1.54. The van der Waals surface area contributed by atoms with Crippen molar-refractivity contribution >= 4 is 11.6 Å². The molecule has 0 radical (unpaired) electrons. The van der Waals surface area contributed by atoms with Crippen molar-refractivity contribution in [3.8, 4) is 5.75 Å². The van der Waals surface area contributed by atoms with Crippen molar-refractivity contribution in [2.75, 3.05) is 18.9 Å². The summed E-state index contributed by atoms with van der Waals surface area (Å²) in [7, 11) is 1.95. The fourth-order valence-corrected chi connectivity index (χ4v) is 2.90. The number of likely N-dealkylation sites (N-methyl/N-ethyl adjacent to an activating group) is 1. The first-order valence-corrected chi connectivity index (χ1v) is 7.92. The van der Waals surface area contributed by atoms with E-state index in [1.165, 1.54) is 5.56 Å². The second-order valence-electron chi connectivity index (χ2n) is 6.16. The van der Waals surface area contributed by atoms with E-state index in [0.29, 0.717) is 6.54 Å². The van der Waals surface area contributed by atoms with Gasteiger partial charge in [-0.25, -0.2) is 0 Å². The molecular weight excluding hydrogens is 288 g/mol. The molecule has 4 nitrogen and oxygen atoms in total. The van der Waals surface area contributed by atoms with Crippen LogP contribution in [0.5, 0.6) is 5.75 Å². The van der Waals surface area contributed by atoms with Gasteiger partial charge in [0.05, 0.1) is 6.54 Å². The predicted octanol–water partition coefficient (Wildman–Crippen LogP) is 3.08. The Morgan fingerprint density at radius 3 is 2.83 bits per heavy atom. The lowest BCUT2D eigenvalue weighted by Crippen LogP contribution is -2.29. The van der Waals surface area contributed by atoms with Crippen LogP contribution in [-0.2, 0) is 17.8 Å². The molecule has 1 unspecified atom stereocenters. The summed E-state index contributed by atoms with van der Waals surface area (Å²) in [6.07, 6.45) is 1.11. The maximum absolute atomic E-state index is 12.2. The Kier molecular flexibility index (Phi) is 4.63. The average Bonchev–Trinajstić information content (AvgIpc) is 2.87. The minimum Gasteiger partial charge on any atom is -0.490 e. The molecule has 120 valence electrons. The van der Waals surface area contributed by atoms with E-state index in [2.05, 4.69) is 24.4 Å². The summed E-state index contributed by atoms with van der Waals surface area (Å²) < 4.78 is 5.68. The van der Waals surface area contributed by atoms with Gasteiger partial charge in [0.2, 0.25) is 5.91 Å². The second-order valence-corrected chi connectivity index (χ2v) is 6.16. The van der Waals surface area contributed by atoms with Crippen LogP contribution in [0.1, 0.15) is 18.1 Å². The molecule has 1 aliphatic heterocycles. The zero-order valence-corrected chi connectivity index (χ0v) is 13.6. The third kappa shape index (κ3) is 4.11. The van der Waals surface area contributed by atoms with E-state index in [4.69, 9.17) is 4.74 Å². The number of hydrogen-bond donors (Lipinski definition) is 1. The summed E-state index contributed by atoms with van der Waals surface area (Å²) in [4.78, 5) is 14.2. The number of amides is 1. The maximum atomic E-state index is 12.2. The number of carbonyl (C=O) groups is 1. The number of carbonyl (C=O) groups excluding carboxylic acids is 1. The molecule has 1 aliphatic rings. The highest BCUT2D eigenvalue weighted by atomic mass is 16.5. The molecule has 1 heterocycles. The number of benzene rings is 2. The van der Waals surface area contributed by atoms with Crippen molar-refractivity contribution in [3.05, 3.63) is 59.7 Å². The van der Waals surface area contributed by atoms with Crippen LogP contribution in [0, 0.1) is 0 Å². The van der Waals surface area contributed by atoms with Crippen molar-refractivity contribution in [1.82, 2.24) is 4.90 Å². The van der Waals surface area contributed by atoms with E-state index in [1.54, 1.807) is 0 Å². The molecule has 1 atom stereocenters. The van der Waals surface area contributed by atoms with Gasteiger partial charge >= 0.3 is 0 Å². The third-order valence-corrected chi connectivity index (χ3v) is 3.89. The molecule has 0 aromatic heterocycles. The van der Waals surface area contributed by atoms with Gasteiger partial charge in [-0.2, -0.15) is 0 Å². The second kappa shape index (κ2) is 6.84. The number of ether oxygens (including phenoxy) is 1. The van der Waals surface area contributed by atoms with Crippen LogP contribution >= 0.6 is 0 Å². The number of anilines is 1. The summed E-state index contributed by atoms with van der Waals surface area (Å²) in [5.41, 5.74) is 3.19. The first-order chi connectivity index (χ1) is 11.1. The van der Waals surface area contributed by atoms with Crippen molar-refractivity contribution in [2.24, 2.45) is 0 Å². The Bertz CT molecular complexity index is 685. The summed E-state index contributed by atoms with van der Waals surface area (Å²) in [5.74, 6) is 0.923. The zero-order valence-electron chi connectivity index (χ0n) is 13.6. The molecule has 3 rings (SSSR count). The van der Waals surface area contributed by atoms with Gasteiger partial charge in [-0.15, -0.1) is 0 Å². The molecule has 1 amide bonds. The highest BCUT2D eigenvalue weighted by Crippen LogP contribution is 2.30. The average molecular weight is 310 g/mol. The monoisotopic (exact) mass is 310 g/mol. The van der Waals surface area contributed by atoms with E-state index in [9.17, 15) is 4.79 Å². The van der Waals surface area contributed by atoms with Gasteiger partial charge in [-0.1, -0.05) is 30.3 Å². The number of nitrogens with zero attached hydrogens (tertiary/aromatic N) is 1. The number of fused-ring (bicyclic) bond motifs is 1. The summed E-state index contributed by atoms with van der Waals surface area (Å²) in [6.45, 7) is 3.17. The molecule has 4 heteroatoms. The third-order valence-electron chi connectivity index (χ3n) is 3.89. The molecular formula is C19H22N2O2. The molecule has 0 spiro atoms. The Labute approximate surface area is 137 Å². The molecule has 0 bridgehead atoms. The first-order valence-electron chi connectivity index (χ1n) is 7.92. The van der Waals surface area contributed by atoms with E-state index in [0.717, 1.165) is 30.0 Å². The van der Waals surface area contributed by atoms with Gasteiger partial charge in [0.1, 0.15) is 11.9 Å². The highest BCUT2D eigenvalue weighted by Gasteiger charge is 2.19. The first kappa shape index (κ1) is 15.6. The van der Waals surface area contributed by atoms with Crippen LogP contribution in [0.3, 0.4) is 0 Å². The largest absolute Gasteiger partial charge is 0.490 e. The molecule has 0 saturated carbocycles.